The molecule has 0 spiro atoms. The Morgan fingerprint density at radius 1 is 1.30 bits per heavy atom. The monoisotopic (exact) mass is 428 g/mol. The van der Waals surface area contributed by atoms with Crippen LogP contribution >= 0.6 is 22.6 Å². The van der Waals surface area contributed by atoms with Crippen LogP contribution in [0.15, 0.2) is 19.7 Å². The first-order chi connectivity index (χ1) is 11.2. The fourth-order valence-corrected chi connectivity index (χ4v) is 3.54. The van der Waals surface area contributed by atoms with E-state index in [-0.39, 0.29) is 11.2 Å². The van der Waals surface area contributed by atoms with Gasteiger partial charge in [-0.1, -0.05) is 48.4 Å². The predicted molar refractivity (Wildman–Crippen MR) is 99.3 cm³/mol. The number of aromatic nitrogens is 4. The van der Waals surface area contributed by atoms with E-state index in [4.69, 9.17) is 0 Å². The molecule has 23 heavy (non-hydrogen) atoms. The molecule has 7 heteroatoms. The van der Waals surface area contributed by atoms with Crippen molar-refractivity contribution >= 4 is 33.8 Å². The third-order valence-corrected chi connectivity index (χ3v) is 4.95. The Labute approximate surface area is 147 Å². The number of allylic oxidation sites excluding steroid dienone is 1. The Kier molecular flexibility index (Phi) is 5.03. The highest BCUT2D eigenvalue weighted by Gasteiger charge is 2.23. The Morgan fingerprint density at radius 3 is 2.70 bits per heavy atom. The molecular formula is C16H21IN4O2. The molecule has 0 amide bonds. The van der Waals surface area contributed by atoms with Gasteiger partial charge in [-0.15, -0.1) is 0 Å². The zero-order valence-electron chi connectivity index (χ0n) is 13.2. The van der Waals surface area contributed by atoms with Crippen LogP contribution in [0, 0.1) is 0 Å². The molecule has 0 radical (unpaired) electrons. The highest BCUT2D eigenvalue weighted by molar-refractivity contribution is 14.1. The molecule has 0 aromatic carbocycles. The highest BCUT2D eigenvalue weighted by atomic mass is 127. The van der Waals surface area contributed by atoms with Gasteiger partial charge in [-0.3, -0.25) is 13.9 Å². The molecule has 2 aromatic rings. The lowest BCUT2D eigenvalue weighted by atomic mass is 10.1. The van der Waals surface area contributed by atoms with Crippen LogP contribution in [0.2, 0.25) is 0 Å². The number of hydrogen-bond donors (Lipinski definition) is 1. The van der Waals surface area contributed by atoms with Crippen LogP contribution in [0.1, 0.15) is 50.8 Å². The van der Waals surface area contributed by atoms with Gasteiger partial charge < -0.3 is 4.98 Å². The summed E-state index contributed by atoms with van der Waals surface area (Å²) in [4.78, 5) is 33.2. The quantitative estimate of drug-likeness (QED) is 0.745. The fourth-order valence-electron chi connectivity index (χ4n) is 3.31. The number of fused-ring (bicyclic) bond motifs is 1. The Morgan fingerprint density at radius 2 is 2.04 bits per heavy atom. The fraction of sp³-hybridized carbons (Fsp3) is 0.562. The van der Waals surface area contributed by atoms with Crippen molar-refractivity contribution in [2.45, 2.75) is 58.0 Å². The van der Waals surface area contributed by atoms with Gasteiger partial charge in [0.15, 0.2) is 5.65 Å². The molecule has 1 saturated carbocycles. The van der Waals surface area contributed by atoms with E-state index < -0.39 is 0 Å². The van der Waals surface area contributed by atoms with Gasteiger partial charge >= 0.3 is 5.69 Å². The molecule has 0 bridgehead atoms. The summed E-state index contributed by atoms with van der Waals surface area (Å²) in [5.41, 5.74) is 0.423. The summed E-state index contributed by atoms with van der Waals surface area (Å²) in [6.45, 7) is 2.82. The van der Waals surface area contributed by atoms with E-state index in [9.17, 15) is 9.59 Å². The van der Waals surface area contributed by atoms with Crippen molar-refractivity contribution in [1.82, 2.24) is 19.1 Å². The number of nitrogens with zero attached hydrogens (tertiary/aromatic N) is 3. The third-order valence-electron chi connectivity index (χ3n) is 4.45. The molecule has 6 nitrogen and oxygen atoms in total. The van der Waals surface area contributed by atoms with Crippen molar-refractivity contribution in [2.24, 2.45) is 0 Å². The van der Waals surface area contributed by atoms with E-state index in [1.54, 1.807) is 4.57 Å². The summed E-state index contributed by atoms with van der Waals surface area (Å²) in [7, 11) is 0. The van der Waals surface area contributed by atoms with E-state index in [0.29, 0.717) is 30.2 Å². The predicted octanol–water partition coefficient (Wildman–Crippen LogP) is 2.90. The number of H-pyrrole nitrogens is 1. The van der Waals surface area contributed by atoms with Crippen LogP contribution < -0.4 is 11.2 Å². The van der Waals surface area contributed by atoms with E-state index in [1.165, 1.54) is 17.4 Å². The second kappa shape index (κ2) is 7.02. The molecule has 1 aliphatic carbocycles. The molecule has 1 fully saturated rings. The smallest absolute Gasteiger partial charge is 0.333 e. The molecule has 0 unspecified atom stereocenters. The van der Waals surface area contributed by atoms with Gasteiger partial charge in [0.2, 0.25) is 0 Å². The number of halogens is 1. The molecule has 124 valence electrons. The van der Waals surface area contributed by atoms with Gasteiger partial charge in [-0.05, 0) is 23.3 Å². The number of rotatable bonds is 5. The third kappa shape index (κ3) is 3.02. The van der Waals surface area contributed by atoms with Crippen molar-refractivity contribution in [3.05, 3.63) is 36.8 Å². The molecule has 2 heterocycles. The first kappa shape index (κ1) is 16.5. The van der Waals surface area contributed by atoms with Crippen molar-refractivity contribution in [1.29, 1.82) is 0 Å². The second-order valence-electron chi connectivity index (χ2n) is 6.01. The van der Waals surface area contributed by atoms with E-state index in [1.807, 2.05) is 17.1 Å². The van der Waals surface area contributed by atoms with Crippen LogP contribution in [0.25, 0.3) is 11.2 Å². The standard InChI is InChI=1S/C16H21IN4O2/c1-2-9-21-15(22)12-14(20(16(21)23)10-5-8-17)19-13(18-12)11-6-3-4-7-11/h5,8,11H,2-4,6-7,9-10H2,1H3,(H,18,19). The summed E-state index contributed by atoms with van der Waals surface area (Å²) < 4.78 is 4.78. The lowest BCUT2D eigenvalue weighted by molar-refractivity contribution is 0.582. The minimum atomic E-state index is -0.275. The van der Waals surface area contributed by atoms with Gasteiger partial charge in [-0.2, -0.15) is 0 Å². The molecule has 2 aromatic heterocycles. The zero-order valence-corrected chi connectivity index (χ0v) is 15.4. The van der Waals surface area contributed by atoms with Gasteiger partial charge in [0.05, 0.1) is 0 Å². The van der Waals surface area contributed by atoms with E-state index in [0.717, 1.165) is 25.1 Å². The van der Waals surface area contributed by atoms with Crippen LogP contribution in [0.5, 0.6) is 0 Å². The molecule has 1 aliphatic rings. The first-order valence-electron chi connectivity index (χ1n) is 8.15. The summed E-state index contributed by atoms with van der Waals surface area (Å²) in [5.74, 6) is 1.24. The topological polar surface area (TPSA) is 72.7 Å². The van der Waals surface area contributed by atoms with Gasteiger partial charge in [0, 0.05) is 19.0 Å². The average Bonchev–Trinajstić information content (AvgIpc) is 3.20. The lowest BCUT2D eigenvalue weighted by Gasteiger charge is -2.08. The maximum atomic E-state index is 12.7. The SMILES string of the molecule is CCCn1c(=O)c2[nH]c(C3CCCC3)nc2n(CC=CI)c1=O. The molecule has 0 atom stereocenters. The number of nitrogens with one attached hydrogen (secondary N) is 1. The molecule has 0 saturated heterocycles. The van der Waals surface area contributed by atoms with E-state index in [2.05, 4.69) is 32.6 Å². The zero-order chi connectivity index (χ0) is 16.4. The summed E-state index contributed by atoms with van der Waals surface area (Å²) >= 11 is 2.13. The second-order valence-corrected chi connectivity index (χ2v) is 6.73. The molecule has 0 aliphatic heterocycles. The van der Waals surface area contributed by atoms with Crippen LogP contribution in [-0.4, -0.2) is 19.1 Å². The van der Waals surface area contributed by atoms with Crippen molar-refractivity contribution < 1.29 is 0 Å². The number of hydrogen-bond acceptors (Lipinski definition) is 3. The summed E-state index contributed by atoms with van der Waals surface area (Å²) in [6.07, 6.45) is 7.23. The normalized spacial score (nSPS) is 16.1. The maximum absolute atomic E-state index is 12.7. The maximum Gasteiger partial charge on any atom is 0.333 e. The molecule has 3 rings (SSSR count). The average molecular weight is 428 g/mol. The molecular weight excluding hydrogens is 407 g/mol. The van der Waals surface area contributed by atoms with Crippen LogP contribution in [-0.2, 0) is 13.1 Å². The first-order valence-corrected chi connectivity index (χ1v) is 9.40. The minimum Gasteiger partial charge on any atom is -0.336 e. The summed E-state index contributed by atoms with van der Waals surface area (Å²) in [5, 5.41) is 0. The van der Waals surface area contributed by atoms with Gasteiger partial charge in [0.25, 0.3) is 5.56 Å². The Bertz CT molecular complexity index is 840. The molecule has 1 N–H and O–H groups in total. The minimum absolute atomic E-state index is 0.252. The van der Waals surface area contributed by atoms with Crippen molar-refractivity contribution in [2.75, 3.05) is 0 Å². The summed E-state index contributed by atoms with van der Waals surface area (Å²) in [6, 6.07) is 0. The lowest BCUT2D eigenvalue weighted by Crippen LogP contribution is -2.40. The van der Waals surface area contributed by atoms with E-state index >= 15 is 0 Å². The number of imidazole rings is 1. The Balaban J connectivity index is 2.23. The highest BCUT2D eigenvalue weighted by Crippen LogP contribution is 2.32. The van der Waals surface area contributed by atoms with Crippen LogP contribution in [0.3, 0.4) is 0 Å². The van der Waals surface area contributed by atoms with Crippen molar-refractivity contribution in [3.8, 4) is 0 Å². The van der Waals surface area contributed by atoms with Crippen molar-refractivity contribution in [3.63, 3.8) is 0 Å². The number of aromatic amines is 1. The van der Waals surface area contributed by atoms with Gasteiger partial charge in [-0.25, -0.2) is 9.78 Å². The Hall–Kier alpha value is -1.38. The largest absolute Gasteiger partial charge is 0.336 e. The van der Waals surface area contributed by atoms with Gasteiger partial charge in [0.1, 0.15) is 11.3 Å². The van der Waals surface area contributed by atoms with Crippen LogP contribution in [0.4, 0.5) is 0 Å².